The summed E-state index contributed by atoms with van der Waals surface area (Å²) < 4.78 is 53.0. The Bertz CT molecular complexity index is 2740. The van der Waals surface area contributed by atoms with Crippen molar-refractivity contribution in [2.24, 2.45) is 5.92 Å². The first-order valence-corrected chi connectivity index (χ1v) is 20.1. The van der Waals surface area contributed by atoms with Crippen LogP contribution in [0, 0.1) is 5.92 Å². The lowest BCUT2D eigenvalue weighted by molar-refractivity contribution is -0.170. The first kappa shape index (κ1) is 44.3. The fourth-order valence-electron chi connectivity index (χ4n) is 7.01. The highest BCUT2D eigenvalue weighted by Gasteiger charge is 2.43. The van der Waals surface area contributed by atoms with Crippen molar-refractivity contribution in [1.82, 2.24) is 25.3 Å². The van der Waals surface area contributed by atoms with E-state index in [0.29, 0.717) is 4.90 Å². The van der Waals surface area contributed by atoms with Gasteiger partial charge in [0.2, 0.25) is 11.9 Å². The Hall–Kier alpha value is -7.76. The number of carbonyl (C=O) groups is 5. The van der Waals surface area contributed by atoms with Crippen molar-refractivity contribution in [2.45, 2.75) is 58.0 Å². The second kappa shape index (κ2) is 19.1. The standard InChI is InChI=1S/C46H40F3N7O8/c1-26(2)40(58)54-45-53-39-38(42(60)55-45)51-29(22-50-39)23-56(44(62)46(47,48)49)30-18-16-28(17-19-30)41(59)52-36(20-21-37(57)63-24-27-10-4-3-5-11-27)43(61)64-25-35-33-14-8-6-12-31(33)32-13-7-9-15-34(32)35/h3-19,22,26,35-36H,20-21,23-25H2,1-2H3,(H,52,59)(H2,50,53,54,55,58,60)/t36-/m0/s1. The first-order valence-electron chi connectivity index (χ1n) is 20.1. The number of halogens is 3. The van der Waals surface area contributed by atoms with Crippen LogP contribution in [0.15, 0.2) is 114 Å². The minimum atomic E-state index is -5.35. The summed E-state index contributed by atoms with van der Waals surface area (Å²) in [5.41, 5.74) is 2.64. The van der Waals surface area contributed by atoms with Gasteiger partial charge in [-0.2, -0.15) is 18.2 Å². The molecule has 6 aromatic rings. The number of rotatable bonds is 15. The van der Waals surface area contributed by atoms with Crippen molar-refractivity contribution in [3.8, 4) is 11.1 Å². The van der Waals surface area contributed by atoms with Gasteiger partial charge in [0, 0.05) is 29.5 Å². The molecule has 18 heteroatoms. The van der Waals surface area contributed by atoms with Crippen molar-refractivity contribution in [1.29, 1.82) is 0 Å². The Morgan fingerprint density at radius 1 is 0.828 bits per heavy atom. The quantitative estimate of drug-likeness (QED) is 0.0967. The van der Waals surface area contributed by atoms with Gasteiger partial charge in [-0.25, -0.2) is 14.8 Å². The van der Waals surface area contributed by atoms with E-state index in [1.807, 2.05) is 54.6 Å². The number of aromatic amines is 1. The van der Waals surface area contributed by atoms with Gasteiger partial charge in [0.25, 0.3) is 11.5 Å². The van der Waals surface area contributed by atoms with E-state index in [9.17, 15) is 41.9 Å². The average Bonchev–Trinajstić information content (AvgIpc) is 3.61. The van der Waals surface area contributed by atoms with Gasteiger partial charge in [0.1, 0.15) is 19.3 Å². The molecule has 4 aromatic carbocycles. The lowest BCUT2D eigenvalue weighted by Crippen LogP contribution is -2.43. The van der Waals surface area contributed by atoms with E-state index < -0.39 is 59.9 Å². The van der Waals surface area contributed by atoms with Crippen LogP contribution in [0.4, 0.5) is 24.8 Å². The molecule has 3 amide bonds. The molecule has 328 valence electrons. The number of anilines is 2. The number of fused-ring (bicyclic) bond motifs is 4. The summed E-state index contributed by atoms with van der Waals surface area (Å²) in [4.78, 5) is 92.7. The smallest absolute Gasteiger partial charge is 0.463 e. The zero-order valence-electron chi connectivity index (χ0n) is 34.3. The van der Waals surface area contributed by atoms with E-state index in [1.165, 1.54) is 0 Å². The zero-order chi connectivity index (χ0) is 45.5. The molecule has 0 unspecified atom stereocenters. The Balaban J connectivity index is 1.08. The third-order valence-electron chi connectivity index (χ3n) is 10.3. The summed E-state index contributed by atoms with van der Waals surface area (Å²) in [7, 11) is 0. The molecule has 2 aromatic heterocycles. The van der Waals surface area contributed by atoms with Gasteiger partial charge in [-0.15, -0.1) is 0 Å². The third-order valence-corrected chi connectivity index (χ3v) is 10.3. The van der Waals surface area contributed by atoms with Crippen LogP contribution < -0.4 is 21.1 Å². The number of amides is 3. The van der Waals surface area contributed by atoms with Crippen molar-refractivity contribution in [3.63, 3.8) is 0 Å². The summed E-state index contributed by atoms with van der Waals surface area (Å²) >= 11 is 0. The average molecular weight is 876 g/mol. The fourth-order valence-corrected chi connectivity index (χ4v) is 7.01. The molecular formula is C46H40F3N7O8. The SMILES string of the molecule is CC(C)C(=O)Nc1nc2ncc(CN(C(=O)C(F)(F)F)c3ccc(C(=O)N[C@@H](CCC(=O)OCc4ccccc4)C(=O)OCC4c5ccccc5-c5ccccc54)cc3)nc2c(=O)[nH]1. The number of carbonyl (C=O) groups excluding carboxylic acids is 5. The van der Waals surface area contributed by atoms with Crippen LogP contribution in [0.2, 0.25) is 0 Å². The lowest BCUT2D eigenvalue weighted by atomic mass is 9.98. The molecule has 7 rings (SSSR count). The van der Waals surface area contributed by atoms with Crippen LogP contribution in [-0.4, -0.2) is 68.4 Å². The molecule has 0 fully saturated rings. The number of esters is 2. The number of ether oxygens (including phenoxy) is 2. The lowest BCUT2D eigenvalue weighted by Gasteiger charge is -2.24. The number of hydrogen-bond acceptors (Lipinski definition) is 11. The first-order chi connectivity index (χ1) is 30.7. The van der Waals surface area contributed by atoms with E-state index in [1.54, 1.807) is 38.1 Å². The summed E-state index contributed by atoms with van der Waals surface area (Å²) in [5.74, 6) is -5.95. The molecular weight excluding hydrogens is 836 g/mol. The fraction of sp³-hybridized carbons (Fsp3) is 0.239. The van der Waals surface area contributed by atoms with Crippen LogP contribution in [0.25, 0.3) is 22.3 Å². The Labute approximate surface area is 363 Å². The molecule has 0 radical (unpaired) electrons. The molecule has 0 saturated heterocycles. The van der Waals surface area contributed by atoms with Crippen LogP contribution >= 0.6 is 0 Å². The Kier molecular flexibility index (Phi) is 13.2. The minimum absolute atomic E-state index is 0.00885. The molecule has 1 aliphatic carbocycles. The normalized spacial score (nSPS) is 12.5. The van der Waals surface area contributed by atoms with Crippen LogP contribution in [0.5, 0.6) is 0 Å². The predicted octanol–water partition coefficient (Wildman–Crippen LogP) is 6.38. The van der Waals surface area contributed by atoms with E-state index >= 15 is 0 Å². The predicted molar refractivity (Wildman–Crippen MR) is 227 cm³/mol. The van der Waals surface area contributed by atoms with Crippen LogP contribution in [0.3, 0.4) is 0 Å². The highest BCUT2D eigenvalue weighted by Crippen LogP contribution is 2.44. The summed E-state index contributed by atoms with van der Waals surface area (Å²) in [6.45, 7) is 2.37. The summed E-state index contributed by atoms with van der Waals surface area (Å²) in [6.07, 6.45) is -4.80. The zero-order valence-corrected chi connectivity index (χ0v) is 34.3. The molecule has 2 heterocycles. The summed E-state index contributed by atoms with van der Waals surface area (Å²) in [5, 5.41) is 5.02. The number of H-pyrrole nitrogens is 1. The molecule has 0 bridgehead atoms. The Morgan fingerprint density at radius 3 is 2.11 bits per heavy atom. The number of nitrogens with one attached hydrogen (secondary N) is 3. The van der Waals surface area contributed by atoms with Gasteiger partial charge >= 0.3 is 24.0 Å². The topological polar surface area (TPSA) is 203 Å². The molecule has 15 nitrogen and oxygen atoms in total. The molecule has 0 aliphatic heterocycles. The molecule has 1 atom stereocenters. The number of hydrogen-bond donors (Lipinski definition) is 3. The maximum absolute atomic E-state index is 13.9. The Morgan fingerprint density at radius 2 is 1.47 bits per heavy atom. The van der Waals surface area contributed by atoms with Gasteiger partial charge in [0.05, 0.1) is 18.4 Å². The van der Waals surface area contributed by atoms with Crippen LogP contribution in [-0.2, 0) is 41.8 Å². The largest absolute Gasteiger partial charge is 0.471 e. The van der Waals surface area contributed by atoms with Crippen molar-refractivity contribution >= 4 is 52.5 Å². The van der Waals surface area contributed by atoms with Gasteiger partial charge < -0.3 is 14.8 Å². The molecule has 0 spiro atoms. The highest BCUT2D eigenvalue weighted by atomic mass is 19.4. The monoisotopic (exact) mass is 875 g/mol. The minimum Gasteiger partial charge on any atom is -0.463 e. The van der Waals surface area contributed by atoms with Gasteiger partial charge in [-0.05, 0) is 58.5 Å². The second-order valence-electron chi connectivity index (χ2n) is 15.1. The van der Waals surface area contributed by atoms with Crippen molar-refractivity contribution in [3.05, 3.63) is 148 Å². The highest BCUT2D eigenvalue weighted by molar-refractivity contribution is 6.00. The van der Waals surface area contributed by atoms with Gasteiger partial charge in [0.15, 0.2) is 11.2 Å². The van der Waals surface area contributed by atoms with E-state index in [4.69, 9.17) is 9.47 Å². The van der Waals surface area contributed by atoms with Crippen molar-refractivity contribution < 1.29 is 46.6 Å². The second-order valence-corrected chi connectivity index (χ2v) is 15.1. The van der Waals surface area contributed by atoms with Gasteiger partial charge in [-0.3, -0.25) is 39.2 Å². The van der Waals surface area contributed by atoms with Gasteiger partial charge in [-0.1, -0.05) is 92.7 Å². The number of nitrogens with zero attached hydrogens (tertiary/aromatic N) is 4. The molecule has 3 N–H and O–H groups in total. The maximum Gasteiger partial charge on any atom is 0.471 e. The van der Waals surface area contributed by atoms with E-state index in [-0.39, 0.29) is 66.0 Å². The number of benzene rings is 4. The van der Waals surface area contributed by atoms with Crippen LogP contribution in [0.1, 0.15) is 65.3 Å². The third kappa shape index (κ3) is 10.3. The molecule has 64 heavy (non-hydrogen) atoms. The van der Waals surface area contributed by atoms with Crippen molar-refractivity contribution in [2.75, 3.05) is 16.8 Å². The van der Waals surface area contributed by atoms with E-state index in [0.717, 1.165) is 58.3 Å². The molecule has 1 aliphatic rings. The molecule has 0 saturated carbocycles. The summed E-state index contributed by atoms with van der Waals surface area (Å²) in [6, 6.07) is 27.6. The maximum atomic E-state index is 13.9. The van der Waals surface area contributed by atoms with E-state index in [2.05, 4.69) is 30.6 Å². The number of alkyl halides is 3. The number of aromatic nitrogens is 4.